The van der Waals surface area contributed by atoms with Gasteiger partial charge in [-0.2, -0.15) is 0 Å². The molecular formula is C7H6BFO5. The van der Waals surface area contributed by atoms with Crippen LogP contribution in [0.5, 0.6) is 5.75 Å². The molecule has 0 spiro atoms. The van der Waals surface area contributed by atoms with Crippen LogP contribution in [0, 0.1) is 5.82 Å². The molecule has 0 aliphatic rings. The van der Waals surface area contributed by atoms with Crippen molar-refractivity contribution in [3.05, 3.63) is 29.6 Å². The molecule has 1 aromatic rings. The van der Waals surface area contributed by atoms with E-state index < -0.39 is 24.7 Å². The first kappa shape index (κ1) is 10.5. The molecule has 0 heterocycles. The molecule has 1 aromatic carbocycles. The molecule has 0 saturated carbocycles. The average Bonchev–Trinajstić information content (AvgIpc) is 2.07. The molecule has 0 unspecified atom stereocenters. The van der Waals surface area contributed by atoms with Gasteiger partial charge in [-0.15, -0.1) is 0 Å². The van der Waals surface area contributed by atoms with Gasteiger partial charge < -0.3 is 19.8 Å². The second-order valence-electron chi connectivity index (χ2n) is 2.39. The lowest BCUT2D eigenvalue weighted by atomic mass is 10.2. The van der Waals surface area contributed by atoms with E-state index in [0.29, 0.717) is 0 Å². The van der Waals surface area contributed by atoms with E-state index in [1.54, 1.807) is 0 Å². The van der Waals surface area contributed by atoms with Gasteiger partial charge in [-0.1, -0.05) is 0 Å². The number of hydrogen-bond acceptors (Lipinski definition) is 4. The summed E-state index contributed by atoms with van der Waals surface area (Å²) in [5, 5.41) is 25.3. The standard InChI is InChI=1S/C7H6BFO5/c9-6-2-1-4(14-8(12)13)3-5(6)7(10)11/h1-3,12-13H,(H,10,11). The lowest BCUT2D eigenvalue weighted by Gasteiger charge is -2.05. The van der Waals surface area contributed by atoms with Crippen LogP contribution in [0.3, 0.4) is 0 Å². The van der Waals surface area contributed by atoms with Crippen molar-refractivity contribution < 1.29 is 29.0 Å². The van der Waals surface area contributed by atoms with Crippen molar-refractivity contribution in [3.63, 3.8) is 0 Å². The van der Waals surface area contributed by atoms with Crippen LogP contribution in [0.4, 0.5) is 4.39 Å². The largest absolute Gasteiger partial charge is 0.707 e. The van der Waals surface area contributed by atoms with E-state index in [1.165, 1.54) is 0 Å². The summed E-state index contributed by atoms with van der Waals surface area (Å²) < 4.78 is 17.1. The van der Waals surface area contributed by atoms with Crippen molar-refractivity contribution in [2.24, 2.45) is 0 Å². The van der Waals surface area contributed by atoms with Crippen molar-refractivity contribution in [1.29, 1.82) is 0 Å². The summed E-state index contributed by atoms with van der Waals surface area (Å²) in [7, 11) is -2.07. The fourth-order valence-corrected chi connectivity index (χ4v) is 0.863. The van der Waals surface area contributed by atoms with Crippen LogP contribution in [0.1, 0.15) is 10.4 Å². The normalized spacial score (nSPS) is 9.64. The summed E-state index contributed by atoms with van der Waals surface area (Å²) >= 11 is 0. The minimum absolute atomic E-state index is 0.140. The second-order valence-corrected chi connectivity index (χ2v) is 2.39. The van der Waals surface area contributed by atoms with Gasteiger partial charge in [-0.05, 0) is 18.2 Å². The van der Waals surface area contributed by atoms with Crippen molar-refractivity contribution in [1.82, 2.24) is 0 Å². The Morgan fingerprint density at radius 1 is 1.43 bits per heavy atom. The minimum Gasteiger partial charge on any atom is -0.512 e. The van der Waals surface area contributed by atoms with Crippen molar-refractivity contribution in [3.8, 4) is 5.75 Å². The fourth-order valence-electron chi connectivity index (χ4n) is 0.863. The number of halogens is 1. The van der Waals surface area contributed by atoms with Gasteiger partial charge in [0, 0.05) is 0 Å². The number of aromatic carboxylic acids is 1. The fraction of sp³-hybridized carbons (Fsp3) is 0. The zero-order valence-electron chi connectivity index (χ0n) is 6.85. The van der Waals surface area contributed by atoms with Crippen molar-refractivity contribution in [2.75, 3.05) is 0 Å². The highest BCUT2D eigenvalue weighted by molar-refractivity contribution is 6.33. The molecule has 0 fully saturated rings. The van der Waals surface area contributed by atoms with E-state index in [1.807, 2.05) is 0 Å². The Balaban J connectivity index is 3.00. The van der Waals surface area contributed by atoms with Crippen LogP contribution < -0.4 is 4.65 Å². The summed E-state index contributed by atoms with van der Waals surface area (Å²) in [5.41, 5.74) is -0.594. The topological polar surface area (TPSA) is 87.0 Å². The Morgan fingerprint density at radius 3 is 2.57 bits per heavy atom. The number of carbonyl (C=O) groups is 1. The summed E-state index contributed by atoms with van der Waals surface area (Å²) in [6.45, 7) is 0. The Hall–Kier alpha value is -1.60. The van der Waals surface area contributed by atoms with Gasteiger partial charge >= 0.3 is 13.3 Å². The predicted octanol–water partition coefficient (Wildman–Crippen LogP) is -0.128. The molecule has 0 aromatic heterocycles. The van der Waals surface area contributed by atoms with Gasteiger partial charge in [-0.3, -0.25) is 0 Å². The summed E-state index contributed by atoms with van der Waals surface area (Å²) in [6.07, 6.45) is 0. The van der Waals surface area contributed by atoms with E-state index >= 15 is 0 Å². The second kappa shape index (κ2) is 4.08. The molecule has 0 radical (unpaired) electrons. The van der Waals surface area contributed by atoms with Crippen LogP contribution in [-0.4, -0.2) is 28.4 Å². The molecule has 0 saturated heterocycles. The number of benzene rings is 1. The van der Waals surface area contributed by atoms with E-state index in [9.17, 15) is 9.18 Å². The summed E-state index contributed by atoms with van der Waals surface area (Å²) in [4.78, 5) is 10.4. The molecule has 0 amide bonds. The van der Waals surface area contributed by atoms with E-state index in [-0.39, 0.29) is 5.75 Å². The smallest absolute Gasteiger partial charge is 0.512 e. The molecular weight excluding hydrogens is 194 g/mol. The maximum Gasteiger partial charge on any atom is 0.707 e. The first-order valence-corrected chi connectivity index (χ1v) is 3.56. The molecule has 0 bridgehead atoms. The van der Waals surface area contributed by atoms with E-state index in [0.717, 1.165) is 18.2 Å². The van der Waals surface area contributed by atoms with E-state index in [4.69, 9.17) is 15.2 Å². The average molecular weight is 200 g/mol. The Labute approximate surface area is 78.5 Å². The van der Waals surface area contributed by atoms with Crippen LogP contribution in [-0.2, 0) is 0 Å². The lowest BCUT2D eigenvalue weighted by molar-refractivity contribution is 0.0691. The maximum atomic E-state index is 12.8. The Bertz CT molecular complexity index is 354. The number of rotatable bonds is 3. The molecule has 7 heteroatoms. The van der Waals surface area contributed by atoms with Crippen LogP contribution >= 0.6 is 0 Å². The summed E-state index contributed by atoms with van der Waals surface area (Å²) in [6, 6.07) is 2.81. The highest BCUT2D eigenvalue weighted by Gasteiger charge is 2.15. The van der Waals surface area contributed by atoms with Crippen molar-refractivity contribution in [2.45, 2.75) is 0 Å². The maximum absolute atomic E-state index is 12.8. The van der Waals surface area contributed by atoms with Crippen molar-refractivity contribution >= 4 is 13.3 Å². The first-order chi connectivity index (χ1) is 6.50. The third kappa shape index (κ3) is 2.44. The zero-order chi connectivity index (χ0) is 10.7. The van der Waals surface area contributed by atoms with E-state index in [2.05, 4.69) is 4.65 Å². The quantitative estimate of drug-likeness (QED) is 0.591. The predicted molar refractivity (Wildman–Crippen MR) is 44.2 cm³/mol. The Kier molecular flexibility index (Phi) is 3.05. The number of hydrogen-bond donors (Lipinski definition) is 3. The zero-order valence-corrected chi connectivity index (χ0v) is 6.85. The Morgan fingerprint density at radius 2 is 2.07 bits per heavy atom. The molecule has 3 N–H and O–H groups in total. The third-order valence-electron chi connectivity index (χ3n) is 1.41. The molecule has 0 atom stereocenters. The molecule has 14 heavy (non-hydrogen) atoms. The van der Waals surface area contributed by atoms with Gasteiger partial charge in [0.05, 0.1) is 5.56 Å². The van der Waals surface area contributed by atoms with Gasteiger partial charge in [0.15, 0.2) is 0 Å². The third-order valence-corrected chi connectivity index (χ3v) is 1.41. The molecule has 0 aliphatic heterocycles. The van der Waals surface area contributed by atoms with Gasteiger partial charge in [0.25, 0.3) is 0 Å². The molecule has 74 valence electrons. The molecule has 5 nitrogen and oxygen atoms in total. The number of carboxylic acids is 1. The highest BCUT2D eigenvalue weighted by Crippen LogP contribution is 2.16. The van der Waals surface area contributed by atoms with Gasteiger partial charge in [-0.25, -0.2) is 9.18 Å². The van der Waals surface area contributed by atoms with Crippen LogP contribution in [0.25, 0.3) is 0 Å². The van der Waals surface area contributed by atoms with Gasteiger partial charge in [0.1, 0.15) is 11.6 Å². The minimum atomic E-state index is -2.07. The SMILES string of the molecule is O=C(O)c1cc(OB(O)O)ccc1F. The highest BCUT2D eigenvalue weighted by atomic mass is 19.1. The van der Waals surface area contributed by atoms with Gasteiger partial charge in [0.2, 0.25) is 0 Å². The molecule has 0 aliphatic carbocycles. The van der Waals surface area contributed by atoms with Crippen LogP contribution in [0.2, 0.25) is 0 Å². The lowest BCUT2D eigenvalue weighted by Crippen LogP contribution is -2.20. The first-order valence-electron chi connectivity index (χ1n) is 3.56. The molecule has 1 rings (SSSR count). The number of carboxylic acid groups (broad SMARTS) is 1. The monoisotopic (exact) mass is 200 g/mol. The van der Waals surface area contributed by atoms with Crippen LogP contribution in [0.15, 0.2) is 18.2 Å². The summed E-state index contributed by atoms with van der Waals surface area (Å²) in [5.74, 6) is -2.52.